The van der Waals surface area contributed by atoms with Gasteiger partial charge in [0.15, 0.2) is 0 Å². The molecule has 1 atom stereocenters. The fourth-order valence-corrected chi connectivity index (χ4v) is 1.26. The average molecular weight is 172 g/mol. The van der Waals surface area contributed by atoms with Crippen LogP contribution in [0.2, 0.25) is 0 Å². The maximum Gasteiger partial charge on any atom is 0.0137 e. The van der Waals surface area contributed by atoms with Gasteiger partial charge in [-0.05, 0) is 32.9 Å². The summed E-state index contributed by atoms with van der Waals surface area (Å²) in [6, 6.07) is 0. The third kappa shape index (κ3) is 6.62. The molecule has 1 unspecified atom stereocenters. The highest BCUT2D eigenvalue weighted by molar-refractivity contribution is 4.78. The van der Waals surface area contributed by atoms with Crippen LogP contribution < -0.4 is 11.1 Å². The van der Waals surface area contributed by atoms with Crippen LogP contribution >= 0.6 is 0 Å². The van der Waals surface area contributed by atoms with Crippen molar-refractivity contribution in [2.24, 2.45) is 5.73 Å². The fourth-order valence-electron chi connectivity index (χ4n) is 1.26. The Bertz CT molecular complexity index is 100. The largest absolute Gasteiger partial charge is 0.325 e. The van der Waals surface area contributed by atoms with Crippen LogP contribution in [-0.2, 0) is 0 Å². The summed E-state index contributed by atoms with van der Waals surface area (Å²) in [7, 11) is 0. The lowest BCUT2D eigenvalue weighted by Crippen LogP contribution is -2.39. The highest BCUT2D eigenvalue weighted by atomic mass is 14.9. The van der Waals surface area contributed by atoms with E-state index in [2.05, 4.69) is 26.1 Å². The minimum atomic E-state index is 0.0399. The van der Waals surface area contributed by atoms with Crippen LogP contribution in [0.3, 0.4) is 0 Å². The van der Waals surface area contributed by atoms with E-state index in [4.69, 9.17) is 5.73 Å². The standard InChI is InChI=1S/C10H24N2/c1-4-6-7-10(3,11)8-9-12-5-2/h12H,4-9,11H2,1-3H3. The zero-order chi connectivity index (χ0) is 9.45. The van der Waals surface area contributed by atoms with Crippen molar-refractivity contribution >= 4 is 0 Å². The van der Waals surface area contributed by atoms with Gasteiger partial charge in [0.1, 0.15) is 0 Å². The predicted octanol–water partition coefficient (Wildman–Crippen LogP) is 1.89. The Morgan fingerprint density at radius 1 is 1.25 bits per heavy atom. The second kappa shape index (κ2) is 6.44. The number of rotatable bonds is 7. The Hall–Kier alpha value is -0.0800. The Labute approximate surface area is 76.9 Å². The van der Waals surface area contributed by atoms with Crippen LogP contribution in [0, 0.1) is 0 Å². The first-order valence-electron chi connectivity index (χ1n) is 5.12. The van der Waals surface area contributed by atoms with Gasteiger partial charge in [-0.25, -0.2) is 0 Å². The number of nitrogens with two attached hydrogens (primary N) is 1. The molecule has 0 saturated heterocycles. The smallest absolute Gasteiger partial charge is 0.0137 e. The normalized spacial score (nSPS) is 16.0. The quantitative estimate of drug-likeness (QED) is 0.576. The third-order valence-electron chi connectivity index (χ3n) is 2.22. The molecule has 0 aromatic heterocycles. The summed E-state index contributed by atoms with van der Waals surface area (Å²) in [6.45, 7) is 8.58. The van der Waals surface area contributed by atoms with E-state index >= 15 is 0 Å². The highest BCUT2D eigenvalue weighted by Crippen LogP contribution is 2.13. The van der Waals surface area contributed by atoms with E-state index in [1.54, 1.807) is 0 Å². The molecule has 74 valence electrons. The van der Waals surface area contributed by atoms with Crippen molar-refractivity contribution in [1.29, 1.82) is 0 Å². The molecular weight excluding hydrogens is 148 g/mol. The Morgan fingerprint density at radius 3 is 2.42 bits per heavy atom. The van der Waals surface area contributed by atoms with Crippen molar-refractivity contribution in [3.8, 4) is 0 Å². The summed E-state index contributed by atoms with van der Waals surface area (Å²) in [6.07, 6.45) is 4.73. The van der Waals surface area contributed by atoms with E-state index in [1.165, 1.54) is 12.8 Å². The molecule has 0 fully saturated rings. The Kier molecular flexibility index (Phi) is 6.39. The summed E-state index contributed by atoms with van der Waals surface area (Å²) in [5, 5.41) is 3.30. The zero-order valence-corrected chi connectivity index (χ0v) is 8.82. The van der Waals surface area contributed by atoms with E-state index in [0.717, 1.165) is 25.9 Å². The van der Waals surface area contributed by atoms with Gasteiger partial charge in [0, 0.05) is 5.54 Å². The molecule has 0 saturated carbocycles. The second-order valence-corrected chi connectivity index (χ2v) is 3.86. The van der Waals surface area contributed by atoms with Crippen molar-refractivity contribution in [1.82, 2.24) is 5.32 Å². The van der Waals surface area contributed by atoms with Crippen LogP contribution in [-0.4, -0.2) is 18.6 Å². The molecular formula is C10H24N2. The van der Waals surface area contributed by atoms with Gasteiger partial charge in [-0.1, -0.05) is 26.7 Å². The van der Waals surface area contributed by atoms with Crippen LogP contribution in [0.1, 0.15) is 46.5 Å². The van der Waals surface area contributed by atoms with Gasteiger partial charge < -0.3 is 11.1 Å². The zero-order valence-electron chi connectivity index (χ0n) is 8.82. The molecule has 2 heteroatoms. The van der Waals surface area contributed by atoms with Gasteiger partial charge in [0.05, 0.1) is 0 Å². The second-order valence-electron chi connectivity index (χ2n) is 3.86. The molecule has 0 bridgehead atoms. The minimum Gasteiger partial charge on any atom is -0.325 e. The molecule has 0 aromatic rings. The average Bonchev–Trinajstić information content (AvgIpc) is 2.01. The lowest BCUT2D eigenvalue weighted by atomic mass is 9.92. The first-order chi connectivity index (χ1) is 5.62. The monoisotopic (exact) mass is 172 g/mol. The van der Waals surface area contributed by atoms with E-state index in [9.17, 15) is 0 Å². The summed E-state index contributed by atoms with van der Waals surface area (Å²) in [5.41, 5.74) is 6.14. The molecule has 0 aromatic carbocycles. The van der Waals surface area contributed by atoms with Gasteiger partial charge in [-0.2, -0.15) is 0 Å². The van der Waals surface area contributed by atoms with Crippen LogP contribution in [0.25, 0.3) is 0 Å². The fraction of sp³-hybridized carbons (Fsp3) is 1.00. The summed E-state index contributed by atoms with van der Waals surface area (Å²) in [4.78, 5) is 0. The summed E-state index contributed by atoms with van der Waals surface area (Å²) in [5.74, 6) is 0. The maximum absolute atomic E-state index is 6.10. The van der Waals surface area contributed by atoms with E-state index < -0.39 is 0 Å². The van der Waals surface area contributed by atoms with E-state index in [0.29, 0.717) is 0 Å². The number of unbranched alkanes of at least 4 members (excludes halogenated alkanes) is 1. The molecule has 0 aliphatic heterocycles. The van der Waals surface area contributed by atoms with Crippen molar-refractivity contribution in [2.75, 3.05) is 13.1 Å². The highest BCUT2D eigenvalue weighted by Gasteiger charge is 2.16. The van der Waals surface area contributed by atoms with Crippen LogP contribution in [0.4, 0.5) is 0 Å². The van der Waals surface area contributed by atoms with Gasteiger partial charge in [-0.3, -0.25) is 0 Å². The molecule has 0 amide bonds. The molecule has 0 aliphatic carbocycles. The Balaban J connectivity index is 3.42. The van der Waals surface area contributed by atoms with Crippen molar-refractivity contribution in [3.63, 3.8) is 0 Å². The lowest BCUT2D eigenvalue weighted by molar-refractivity contribution is 0.380. The number of nitrogens with one attached hydrogen (secondary N) is 1. The summed E-state index contributed by atoms with van der Waals surface area (Å²) < 4.78 is 0. The molecule has 0 aliphatic rings. The minimum absolute atomic E-state index is 0.0399. The molecule has 0 radical (unpaired) electrons. The van der Waals surface area contributed by atoms with E-state index in [1.807, 2.05) is 0 Å². The van der Waals surface area contributed by atoms with E-state index in [-0.39, 0.29) is 5.54 Å². The van der Waals surface area contributed by atoms with Gasteiger partial charge in [0.2, 0.25) is 0 Å². The van der Waals surface area contributed by atoms with Crippen molar-refractivity contribution in [2.45, 2.75) is 52.0 Å². The first kappa shape index (κ1) is 11.9. The van der Waals surface area contributed by atoms with Crippen molar-refractivity contribution < 1.29 is 0 Å². The van der Waals surface area contributed by atoms with Crippen LogP contribution in [0.5, 0.6) is 0 Å². The summed E-state index contributed by atoms with van der Waals surface area (Å²) >= 11 is 0. The number of hydrogen-bond acceptors (Lipinski definition) is 2. The SMILES string of the molecule is CCCCC(C)(N)CCNCC. The van der Waals surface area contributed by atoms with Gasteiger partial charge >= 0.3 is 0 Å². The topological polar surface area (TPSA) is 38.0 Å². The predicted molar refractivity (Wildman–Crippen MR) is 55.3 cm³/mol. The number of hydrogen-bond donors (Lipinski definition) is 2. The Morgan fingerprint density at radius 2 is 1.92 bits per heavy atom. The first-order valence-corrected chi connectivity index (χ1v) is 5.12. The maximum atomic E-state index is 6.10. The molecule has 12 heavy (non-hydrogen) atoms. The van der Waals surface area contributed by atoms with Crippen LogP contribution in [0.15, 0.2) is 0 Å². The molecule has 3 N–H and O–H groups in total. The van der Waals surface area contributed by atoms with Crippen molar-refractivity contribution in [3.05, 3.63) is 0 Å². The molecule has 0 rings (SSSR count). The molecule has 0 heterocycles. The van der Waals surface area contributed by atoms with Gasteiger partial charge in [0.25, 0.3) is 0 Å². The third-order valence-corrected chi connectivity index (χ3v) is 2.22. The lowest BCUT2D eigenvalue weighted by Gasteiger charge is -2.24. The molecule has 0 spiro atoms. The van der Waals surface area contributed by atoms with Gasteiger partial charge in [-0.15, -0.1) is 0 Å². The molecule has 2 nitrogen and oxygen atoms in total.